The summed E-state index contributed by atoms with van der Waals surface area (Å²) in [6.07, 6.45) is 0. The summed E-state index contributed by atoms with van der Waals surface area (Å²) in [5, 5.41) is 5.92. The first kappa shape index (κ1) is 21.4. The third kappa shape index (κ3) is 4.69. The van der Waals surface area contributed by atoms with Crippen molar-refractivity contribution in [2.45, 2.75) is 24.4 Å². The Kier molecular flexibility index (Phi) is 5.98. The van der Waals surface area contributed by atoms with Crippen molar-refractivity contribution in [3.05, 3.63) is 105 Å². The summed E-state index contributed by atoms with van der Waals surface area (Å²) < 4.78 is 7.13. The first-order valence-electron chi connectivity index (χ1n) is 10.3. The molecule has 0 atom stereocenters. The minimum absolute atomic E-state index is 0.0935. The molecule has 0 aliphatic heterocycles. The lowest BCUT2D eigenvalue weighted by molar-refractivity contribution is 0.391. The van der Waals surface area contributed by atoms with Gasteiger partial charge in [0.2, 0.25) is 11.7 Å². The Hall–Kier alpha value is -3.42. The molecule has 0 bridgehead atoms. The van der Waals surface area contributed by atoms with Crippen LogP contribution in [0.25, 0.3) is 22.3 Å². The Bertz CT molecular complexity index is 1490. The maximum absolute atomic E-state index is 13.3. The van der Waals surface area contributed by atoms with Crippen LogP contribution in [-0.4, -0.2) is 19.7 Å². The minimum atomic E-state index is -0.0935. The molecule has 0 saturated carbocycles. The van der Waals surface area contributed by atoms with Gasteiger partial charge in [-0.05, 0) is 42.8 Å². The number of hydrogen-bond donors (Lipinski definition) is 0. The SMILES string of the molecule is Cc1cccc(-c2noc(CSc3nc4ccccc4c(=O)n3Cc3ccc(Cl)cc3)n2)c1. The molecular weight excluding hydrogens is 456 g/mol. The lowest BCUT2D eigenvalue weighted by atomic mass is 10.1. The normalized spacial score (nSPS) is 11.2. The van der Waals surface area contributed by atoms with Crippen LogP contribution in [0.4, 0.5) is 0 Å². The summed E-state index contributed by atoms with van der Waals surface area (Å²) in [6, 6.07) is 22.7. The van der Waals surface area contributed by atoms with Crippen LogP contribution in [0.5, 0.6) is 0 Å². The summed E-state index contributed by atoms with van der Waals surface area (Å²) in [5.41, 5.74) is 3.55. The van der Waals surface area contributed by atoms with E-state index in [1.807, 2.05) is 73.7 Å². The quantitative estimate of drug-likeness (QED) is 0.230. The van der Waals surface area contributed by atoms with Crippen molar-refractivity contribution >= 4 is 34.3 Å². The number of halogens is 1. The van der Waals surface area contributed by atoms with Crippen LogP contribution in [-0.2, 0) is 12.3 Å². The first-order chi connectivity index (χ1) is 16.1. The molecule has 0 saturated heterocycles. The summed E-state index contributed by atoms with van der Waals surface area (Å²) in [5.74, 6) is 1.40. The first-order valence-corrected chi connectivity index (χ1v) is 11.7. The maximum atomic E-state index is 13.3. The Morgan fingerprint density at radius 1 is 1.00 bits per heavy atom. The van der Waals surface area contributed by atoms with Crippen LogP contribution in [0.2, 0.25) is 5.02 Å². The number of aromatic nitrogens is 4. The van der Waals surface area contributed by atoms with Gasteiger partial charge in [0.25, 0.3) is 5.56 Å². The lowest BCUT2D eigenvalue weighted by Crippen LogP contribution is -2.24. The van der Waals surface area contributed by atoms with E-state index in [0.29, 0.717) is 45.1 Å². The van der Waals surface area contributed by atoms with Gasteiger partial charge in [0.15, 0.2) is 5.16 Å². The molecule has 0 spiro atoms. The highest BCUT2D eigenvalue weighted by atomic mass is 35.5. The molecule has 164 valence electrons. The molecule has 0 radical (unpaired) electrons. The van der Waals surface area contributed by atoms with Crippen molar-refractivity contribution in [3.8, 4) is 11.4 Å². The molecule has 0 aliphatic rings. The summed E-state index contributed by atoms with van der Waals surface area (Å²) in [4.78, 5) is 22.6. The largest absolute Gasteiger partial charge is 0.338 e. The van der Waals surface area contributed by atoms with Crippen molar-refractivity contribution in [1.82, 2.24) is 19.7 Å². The molecule has 5 rings (SSSR count). The Morgan fingerprint density at radius 3 is 2.64 bits per heavy atom. The van der Waals surface area contributed by atoms with Gasteiger partial charge in [0.1, 0.15) is 0 Å². The van der Waals surface area contributed by atoms with Gasteiger partial charge in [-0.2, -0.15) is 4.98 Å². The lowest BCUT2D eigenvalue weighted by Gasteiger charge is -2.13. The number of rotatable bonds is 6. The van der Waals surface area contributed by atoms with Crippen LogP contribution in [0.3, 0.4) is 0 Å². The number of para-hydroxylation sites is 1. The molecule has 0 N–H and O–H groups in total. The van der Waals surface area contributed by atoms with E-state index in [-0.39, 0.29) is 5.56 Å². The third-order valence-corrected chi connectivity index (χ3v) is 6.36. The standard InChI is InChI=1S/C25H19ClN4O2S/c1-16-5-4-6-18(13-16)23-28-22(32-29-23)15-33-25-27-21-8-3-2-7-20(21)24(31)30(25)14-17-9-11-19(26)12-10-17/h2-13H,14-15H2,1H3. The minimum Gasteiger partial charge on any atom is -0.338 e. The monoisotopic (exact) mass is 474 g/mol. The zero-order valence-electron chi connectivity index (χ0n) is 17.7. The van der Waals surface area contributed by atoms with Crippen molar-refractivity contribution in [2.24, 2.45) is 0 Å². The Morgan fingerprint density at radius 2 is 1.82 bits per heavy atom. The predicted octanol–water partition coefficient (Wildman–Crippen LogP) is 5.75. The Labute approximate surface area is 199 Å². The summed E-state index contributed by atoms with van der Waals surface area (Å²) in [7, 11) is 0. The van der Waals surface area contributed by atoms with E-state index in [1.165, 1.54) is 11.8 Å². The van der Waals surface area contributed by atoms with E-state index in [1.54, 1.807) is 10.6 Å². The van der Waals surface area contributed by atoms with Gasteiger partial charge in [0.05, 0.1) is 23.2 Å². The molecule has 2 aromatic heterocycles. The molecule has 6 nitrogen and oxygen atoms in total. The van der Waals surface area contributed by atoms with Crippen molar-refractivity contribution < 1.29 is 4.52 Å². The van der Waals surface area contributed by atoms with E-state index >= 15 is 0 Å². The van der Waals surface area contributed by atoms with Gasteiger partial charge in [-0.25, -0.2) is 4.98 Å². The van der Waals surface area contributed by atoms with Gasteiger partial charge in [-0.15, -0.1) is 0 Å². The second-order valence-electron chi connectivity index (χ2n) is 7.60. The van der Waals surface area contributed by atoms with E-state index in [2.05, 4.69) is 10.1 Å². The highest BCUT2D eigenvalue weighted by Gasteiger charge is 2.15. The second kappa shape index (κ2) is 9.21. The van der Waals surface area contributed by atoms with Gasteiger partial charge < -0.3 is 4.52 Å². The van der Waals surface area contributed by atoms with Gasteiger partial charge in [-0.1, -0.05) is 76.5 Å². The summed E-state index contributed by atoms with van der Waals surface area (Å²) in [6.45, 7) is 2.40. The molecule has 33 heavy (non-hydrogen) atoms. The van der Waals surface area contributed by atoms with E-state index in [9.17, 15) is 4.79 Å². The molecule has 3 aromatic carbocycles. The van der Waals surface area contributed by atoms with Gasteiger partial charge in [-0.3, -0.25) is 9.36 Å². The fourth-order valence-corrected chi connectivity index (χ4v) is 4.47. The number of hydrogen-bond acceptors (Lipinski definition) is 6. The second-order valence-corrected chi connectivity index (χ2v) is 8.98. The van der Waals surface area contributed by atoms with Crippen LogP contribution < -0.4 is 5.56 Å². The van der Waals surface area contributed by atoms with E-state index < -0.39 is 0 Å². The maximum Gasteiger partial charge on any atom is 0.262 e. The molecular formula is C25H19ClN4O2S. The number of thioether (sulfide) groups is 1. The molecule has 0 fully saturated rings. The average Bonchev–Trinajstić information content (AvgIpc) is 3.30. The number of benzene rings is 3. The highest BCUT2D eigenvalue weighted by molar-refractivity contribution is 7.98. The average molecular weight is 475 g/mol. The van der Waals surface area contributed by atoms with E-state index in [4.69, 9.17) is 21.1 Å². The van der Waals surface area contributed by atoms with Crippen LogP contribution in [0, 0.1) is 6.92 Å². The van der Waals surface area contributed by atoms with Gasteiger partial charge in [0, 0.05) is 10.6 Å². The molecule has 8 heteroatoms. The van der Waals surface area contributed by atoms with Crippen LogP contribution >= 0.6 is 23.4 Å². The van der Waals surface area contributed by atoms with Crippen molar-refractivity contribution in [3.63, 3.8) is 0 Å². The van der Waals surface area contributed by atoms with Crippen LogP contribution in [0.1, 0.15) is 17.0 Å². The smallest absolute Gasteiger partial charge is 0.262 e. The number of fused-ring (bicyclic) bond motifs is 1. The van der Waals surface area contributed by atoms with Crippen LogP contribution in [0.15, 0.2) is 87.3 Å². The topological polar surface area (TPSA) is 73.8 Å². The fourth-order valence-electron chi connectivity index (χ4n) is 3.51. The molecule has 0 amide bonds. The zero-order valence-corrected chi connectivity index (χ0v) is 19.3. The number of aryl methyl sites for hydroxylation is 1. The third-order valence-electron chi connectivity index (χ3n) is 5.15. The predicted molar refractivity (Wildman–Crippen MR) is 131 cm³/mol. The van der Waals surface area contributed by atoms with Crippen molar-refractivity contribution in [2.75, 3.05) is 0 Å². The molecule has 2 heterocycles. The number of nitrogens with zero attached hydrogens (tertiary/aromatic N) is 4. The molecule has 0 unspecified atom stereocenters. The van der Waals surface area contributed by atoms with E-state index in [0.717, 1.165) is 16.7 Å². The van der Waals surface area contributed by atoms with Crippen molar-refractivity contribution in [1.29, 1.82) is 0 Å². The molecule has 5 aromatic rings. The zero-order chi connectivity index (χ0) is 22.8. The van der Waals surface area contributed by atoms with Gasteiger partial charge >= 0.3 is 0 Å². The highest BCUT2D eigenvalue weighted by Crippen LogP contribution is 2.24. The summed E-state index contributed by atoms with van der Waals surface area (Å²) >= 11 is 7.41. The Balaban J connectivity index is 1.46. The molecule has 0 aliphatic carbocycles. The fraction of sp³-hybridized carbons (Fsp3) is 0.120.